The van der Waals surface area contributed by atoms with Gasteiger partial charge in [-0.05, 0) is 38.0 Å². The van der Waals surface area contributed by atoms with Gasteiger partial charge in [0, 0.05) is 0 Å². The first kappa shape index (κ1) is 18.5. The first-order chi connectivity index (χ1) is 9.34. The maximum atomic E-state index is 12.6. The van der Waals surface area contributed by atoms with Gasteiger partial charge in [0.25, 0.3) is 0 Å². The minimum Gasteiger partial charge on any atom is -0.393 e. The van der Waals surface area contributed by atoms with Gasteiger partial charge < -0.3 is 4.84 Å². The Kier molecular flexibility index (Phi) is 7.96. The molecule has 0 spiro atoms. The maximum Gasteiger partial charge on any atom is 0.416 e. The zero-order valence-corrected chi connectivity index (χ0v) is 12.6. The largest absolute Gasteiger partial charge is 0.416 e. The number of hydrogen-bond acceptors (Lipinski definition) is 2. The van der Waals surface area contributed by atoms with Crippen molar-refractivity contribution in [3.63, 3.8) is 0 Å². The van der Waals surface area contributed by atoms with E-state index >= 15 is 0 Å². The first-order valence-corrected chi connectivity index (χ1v) is 6.75. The highest BCUT2D eigenvalue weighted by Crippen LogP contribution is 2.29. The molecule has 0 aromatic heterocycles. The lowest BCUT2D eigenvalue weighted by Gasteiger charge is -2.10. The van der Waals surface area contributed by atoms with E-state index in [0.29, 0.717) is 17.7 Å². The van der Waals surface area contributed by atoms with Gasteiger partial charge >= 0.3 is 6.18 Å². The summed E-state index contributed by atoms with van der Waals surface area (Å²) in [6.45, 7) is 9.44. The molecular formula is C15H22F3NO. The number of benzene rings is 1. The van der Waals surface area contributed by atoms with Gasteiger partial charge in [-0.2, -0.15) is 13.2 Å². The molecule has 0 saturated heterocycles. The van der Waals surface area contributed by atoms with Crippen molar-refractivity contribution in [2.75, 3.05) is 0 Å². The Morgan fingerprint density at radius 2 is 1.85 bits per heavy atom. The van der Waals surface area contributed by atoms with E-state index < -0.39 is 11.7 Å². The normalized spacial score (nSPS) is 11.9. The second-order valence-electron chi connectivity index (χ2n) is 4.12. The molecule has 20 heavy (non-hydrogen) atoms. The summed E-state index contributed by atoms with van der Waals surface area (Å²) >= 11 is 0. The Hall–Kier alpha value is -1.52. The number of halogens is 3. The topological polar surface area (TPSA) is 21.6 Å². The molecular weight excluding hydrogens is 267 g/mol. The van der Waals surface area contributed by atoms with Crippen molar-refractivity contribution >= 4 is 5.71 Å². The molecule has 0 unspecified atom stereocenters. The van der Waals surface area contributed by atoms with Crippen LogP contribution in [0.2, 0.25) is 0 Å². The highest BCUT2D eigenvalue weighted by atomic mass is 19.4. The van der Waals surface area contributed by atoms with E-state index in [-0.39, 0.29) is 6.10 Å². The lowest BCUT2D eigenvalue weighted by molar-refractivity contribution is -0.137. The fourth-order valence-electron chi connectivity index (χ4n) is 1.37. The predicted molar refractivity (Wildman–Crippen MR) is 75.8 cm³/mol. The second-order valence-corrected chi connectivity index (χ2v) is 4.12. The summed E-state index contributed by atoms with van der Waals surface area (Å²) in [7, 11) is 0. The fourth-order valence-corrected chi connectivity index (χ4v) is 1.37. The second kappa shape index (κ2) is 8.61. The van der Waals surface area contributed by atoms with Crippen LogP contribution in [-0.2, 0) is 11.0 Å². The molecule has 2 nitrogen and oxygen atoms in total. The summed E-state index contributed by atoms with van der Waals surface area (Å²) in [5.41, 5.74) is 0.272. The number of alkyl halides is 3. The van der Waals surface area contributed by atoms with E-state index in [1.807, 2.05) is 34.6 Å². The summed E-state index contributed by atoms with van der Waals surface area (Å²) in [5, 5.41) is 3.88. The molecule has 0 amide bonds. The monoisotopic (exact) mass is 289 g/mol. The van der Waals surface area contributed by atoms with Gasteiger partial charge in [0.15, 0.2) is 0 Å². The van der Waals surface area contributed by atoms with Crippen LogP contribution >= 0.6 is 0 Å². The van der Waals surface area contributed by atoms with Crippen LogP contribution in [-0.4, -0.2) is 11.8 Å². The molecule has 0 aliphatic carbocycles. The zero-order chi connectivity index (χ0) is 15.8. The summed E-state index contributed by atoms with van der Waals surface area (Å²) in [4.78, 5) is 5.08. The zero-order valence-electron chi connectivity index (χ0n) is 12.6. The third-order valence-electron chi connectivity index (χ3n) is 2.23. The van der Waals surface area contributed by atoms with Gasteiger partial charge in [-0.25, -0.2) is 0 Å². The van der Waals surface area contributed by atoms with Crippen molar-refractivity contribution in [3.05, 3.63) is 35.4 Å². The summed E-state index contributed by atoms with van der Waals surface area (Å²) in [6, 6.07) is 5.10. The summed E-state index contributed by atoms with van der Waals surface area (Å²) in [5.74, 6) is 0. The highest BCUT2D eigenvalue weighted by molar-refractivity contribution is 6.00. The molecule has 0 heterocycles. The molecule has 0 atom stereocenters. The molecule has 114 valence electrons. The van der Waals surface area contributed by atoms with Crippen LogP contribution in [0.1, 0.15) is 52.2 Å². The standard InChI is InChI=1S/C13H16F3NO.C2H6/c1-4-12(17-18-9(2)3)10-6-5-7-11(8-10)13(14,15)16;1-2/h5-9H,4H2,1-3H3;1-2H3/b17-12+;. The van der Waals surface area contributed by atoms with Crippen molar-refractivity contribution in [1.29, 1.82) is 0 Å². The quantitative estimate of drug-likeness (QED) is 0.546. The van der Waals surface area contributed by atoms with Crippen LogP contribution in [0, 0.1) is 0 Å². The smallest absolute Gasteiger partial charge is 0.393 e. The molecule has 0 N–H and O–H groups in total. The van der Waals surface area contributed by atoms with E-state index in [9.17, 15) is 13.2 Å². The summed E-state index contributed by atoms with van der Waals surface area (Å²) in [6.07, 6.45) is -3.93. The highest BCUT2D eigenvalue weighted by Gasteiger charge is 2.30. The lowest BCUT2D eigenvalue weighted by Crippen LogP contribution is -2.08. The van der Waals surface area contributed by atoms with Crippen LogP contribution in [0.15, 0.2) is 29.4 Å². The number of hydrogen-bond donors (Lipinski definition) is 0. The lowest BCUT2D eigenvalue weighted by atomic mass is 10.0. The number of rotatable bonds is 4. The Labute approximate surface area is 118 Å². The Bertz CT molecular complexity index is 425. The van der Waals surface area contributed by atoms with Crippen molar-refractivity contribution in [2.24, 2.45) is 5.16 Å². The van der Waals surface area contributed by atoms with Crippen LogP contribution in [0.3, 0.4) is 0 Å². The Morgan fingerprint density at radius 1 is 1.25 bits per heavy atom. The van der Waals surface area contributed by atoms with Gasteiger partial charge in [-0.15, -0.1) is 0 Å². The first-order valence-electron chi connectivity index (χ1n) is 6.75. The third-order valence-corrected chi connectivity index (χ3v) is 2.23. The average Bonchev–Trinajstić information content (AvgIpc) is 2.41. The minimum absolute atomic E-state index is 0.0997. The van der Waals surface area contributed by atoms with E-state index in [1.54, 1.807) is 6.07 Å². The van der Waals surface area contributed by atoms with Crippen molar-refractivity contribution < 1.29 is 18.0 Å². The maximum absolute atomic E-state index is 12.6. The molecule has 0 saturated carbocycles. The van der Waals surface area contributed by atoms with Gasteiger partial charge in [-0.1, -0.05) is 38.1 Å². The molecule has 1 aromatic rings. The Balaban J connectivity index is 0.00000172. The van der Waals surface area contributed by atoms with Crippen molar-refractivity contribution in [3.8, 4) is 0 Å². The molecule has 0 fully saturated rings. The van der Waals surface area contributed by atoms with Gasteiger partial charge in [0.1, 0.15) is 6.10 Å². The third kappa shape index (κ3) is 6.08. The van der Waals surface area contributed by atoms with Crippen LogP contribution < -0.4 is 0 Å². The van der Waals surface area contributed by atoms with Gasteiger partial charge in [0.05, 0.1) is 11.3 Å². The molecule has 0 radical (unpaired) electrons. The van der Waals surface area contributed by atoms with Crippen molar-refractivity contribution in [2.45, 2.75) is 53.3 Å². The molecule has 5 heteroatoms. The molecule has 0 aliphatic heterocycles. The summed E-state index contributed by atoms with van der Waals surface area (Å²) < 4.78 is 37.7. The van der Waals surface area contributed by atoms with Crippen LogP contribution in [0.5, 0.6) is 0 Å². The molecule has 0 bridgehead atoms. The van der Waals surface area contributed by atoms with Gasteiger partial charge in [0.2, 0.25) is 0 Å². The number of oxime groups is 1. The van der Waals surface area contributed by atoms with Crippen LogP contribution in [0.25, 0.3) is 0 Å². The van der Waals surface area contributed by atoms with E-state index in [1.165, 1.54) is 6.07 Å². The van der Waals surface area contributed by atoms with Gasteiger partial charge in [-0.3, -0.25) is 0 Å². The SMILES string of the molecule is CC.CC/C(=N\OC(C)C)c1cccc(C(F)(F)F)c1. The van der Waals surface area contributed by atoms with E-state index in [0.717, 1.165) is 12.1 Å². The van der Waals surface area contributed by atoms with E-state index in [4.69, 9.17) is 4.84 Å². The molecule has 0 aliphatic rings. The van der Waals surface area contributed by atoms with E-state index in [2.05, 4.69) is 5.16 Å². The average molecular weight is 289 g/mol. The minimum atomic E-state index is -4.34. The van der Waals surface area contributed by atoms with Crippen LogP contribution in [0.4, 0.5) is 13.2 Å². The molecule has 1 aromatic carbocycles. The number of nitrogens with zero attached hydrogens (tertiary/aromatic N) is 1. The fraction of sp³-hybridized carbons (Fsp3) is 0.533. The van der Waals surface area contributed by atoms with Crippen molar-refractivity contribution in [1.82, 2.24) is 0 Å². The Morgan fingerprint density at radius 3 is 2.30 bits per heavy atom. The predicted octanol–water partition coefficient (Wildman–Crippen LogP) is 5.27. The molecule has 1 rings (SSSR count).